The minimum atomic E-state index is -0.999. The molecule has 0 saturated heterocycles. The monoisotopic (exact) mass is 274 g/mol. The number of amides is 1. The Labute approximate surface area is 114 Å². The van der Waals surface area contributed by atoms with Gasteiger partial charge in [0.2, 0.25) is 0 Å². The van der Waals surface area contributed by atoms with Gasteiger partial charge < -0.3 is 0 Å². The zero-order valence-electron chi connectivity index (χ0n) is 10.7. The molecule has 0 fully saturated rings. The summed E-state index contributed by atoms with van der Waals surface area (Å²) in [5.74, 6) is -2.37. The fraction of sp³-hybridized carbons (Fsp3) is 0.0667. The molecule has 0 aromatic heterocycles. The Morgan fingerprint density at radius 2 is 1.95 bits per heavy atom. The minimum Gasteiger partial charge on any atom is -0.267 e. The van der Waals surface area contributed by atoms with Crippen molar-refractivity contribution in [3.8, 4) is 0 Å². The topological polar surface area (TPSA) is 41.5 Å². The predicted molar refractivity (Wildman–Crippen MR) is 72.6 cm³/mol. The normalized spacial score (nSPS) is 10.8. The lowest BCUT2D eigenvalue weighted by Gasteiger charge is -2.01. The molecule has 0 spiro atoms. The van der Waals surface area contributed by atoms with E-state index in [1.807, 2.05) is 13.0 Å². The van der Waals surface area contributed by atoms with Crippen LogP contribution in [0, 0.1) is 18.6 Å². The molecule has 1 amide bonds. The van der Waals surface area contributed by atoms with Gasteiger partial charge in [-0.2, -0.15) is 5.10 Å². The van der Waals surface area contributed by atoms with Crippen LogP contribution in [0.4, 0.5) is 8.78 Å². The van der Waals surface area contributed by atoms with Gasteiger partial charge in [-0.1, -0.05) is 29.8 Å². The predicted octanol–water partition coefficient (Wildman–Crippen LogP) is 3.04. The van der Waals surface area contributed by atoms with E-state index < -0.39 is 17.5 Å². The number of nitrogens with one attached hydrogen (secondary N) is 1. The summed E-state index contributed by atoms with van der Waals surface area (Å²) in [6.45, 7) is 1.86. The molecule has 5 heteroatoms. The first kappa shape index (κ1) is 13.9. The molecule has 2 aromatic rings. The number of rotatable bonds is 3. The summed E-state index contributed by atoms with van der Waals surface area (Å²) in [6, 6.07) is 10.7. The van der Waals surface area contributed by atoms with Gasteiger partial charge in [-0.3, -0.25) is 4.79 Å². The molecule has 0 aliphatic heterocycles. The third kappa shape index (κ3) is 3.26. The van der Waals surface area contributed by atoms with Crippen molar-refractivity contribution in [2.45, 2.75) is 6.92 Å². The summed E-state index contributed by atoms with van der Waals surface area (Å²) >= 11 is 0. The van der Waals surface area contributed by atoms with Crippen LogP contribution in [-0.2, 0) is 0 Å². The highest BCUT2D eigenvalue weighted by atomic mass is 19.2. The SMILES string of the molecule is Cc1cccc(C(=O)N/N=C/c2cccc(F)c2F)c1. The van der Waals surface area contributed by atoms with Crippen LogP contribution >= 0.6 is 0 Å². The molecular weight excluding hydrogens is 262 g/mol. The van der Waals surface area contributed by atoms with Crippen molar-refractivity contribution < 1.29 is 13.6 Å². The average molecular weight is 274 g/mol. The van der Waals surface area contributed by atoms with Gasteiger partial charge in [0.1, 0.15) is 0 Å². The largest absolute Gasteiger partial charge is 0.271 e. The standard InChI is InChI=1S/C15H12F2N2O/c1-10-4-2-5-11(8-10)15(20)19-18-9-12-6-3-7-13(16)14(12)17/h2-9H,1H3,(H,19,20)/b18-9+. The van der Waals surface area contributed by atoms with Crippen LogP contribution in [0.3, 0.4) is 0 Å². The number of hydrogen-bond donors (Lipinski definition) is 1. The lowest BCUT2D eigenvalue weighted by molar-refractivity contribution is 0.0955. The molecule has 0 radical (unpaired) electrons. The highest BCUT2D eigenvalue weighted by molar-refractivity contribution is 5.95. The third-order valence-corrected chi connectivity index (χ3v) is 2.63. The molecule has 0 aliphatic rings. The first-order chi connectivity index (χ1) is 9.58. The smallest absolute Gasteiger partial charge is 0.267 e. The first-order valence-electron chi connectivity index (χ1n) is 5.92. The van der Waals surface area contributed by atoms with E-state index in [1.54, 1.807) is 18.2 Å². The highest BCUT2D eigenvalue weighted by Gasteiger charge is 2.06. The minimum absolute atomic E-state index is 0.0328. The molecule has 0 heterocycles. The molecule has 1 N–H and O–H groups in total. The fourth-order valence-corrected chi connectivity index (χ4v) is 1.63. The quantitative estimate of drug-likeness (QED) is 0.678. The maximum absolute atomic E-state index is 13.3. The van der Waals surface area contributed by atoms with E-state index in [1.165, 1.54) is 12.1 Å². The number of hydrogen-bond acceptors (Lipinski definition) is 2. The van der Waals surface area contributed by atoms with Crippen LogP contribution < -0.4 is 5.43 Å². The van der Waals surface area contributed by atoms with Crippen molar-refractivity contribution in [1.29, 1.82) is 0 Å². The maximum atomic E-state index is 13.3. The van der Waals surface area contributed by atoms with Gasteiger partial charge in [-0.15, -0.1) is 0 Å². The number of aryl methyl sites for hydroxylation is 1. The zero-order valence-corrected chi connectivity index (χ0v) is 10.7. The van der Waals surface area contributed by atoms with E-state index in [0.29, 0.717) is 5.56 Å². The molecule has 0 unspecified atom stereocenters. The lowest BCUT2D eigenvalue weighted by atomic mass is 10.1. The van der Waals surface area contributed by atoms with Crippen molar-refractivity contribution in [1.82, 2.24) is 5.43 Å². The Balaban J connectivity index is 2.07. The molecule has 2 aromatic carbocycles. The molecule has 0 saturated carbocycles. The Hall–Kier alpha value is -2.56. The summed E-state index contributed by atoms with van der Waals surface area (Å²) in [7, 11) is 0. The molecule has 3 nitrogen and oxygen atoms in total. The lowest BCUT2D eigenvalue weighted by Crippen LogP contribution is -2.17. The molecular formula is C15H12F2N2O. The Morgan fingerprint density at radius 3 is 2.70 bits per heavy atom. The average Bonchev–Trinajstić information content (AvgIpc) is 2.43. The van der Waals surface area contributed by atoms with E-state index in [2.05, 4.69) is 10.5 Å². The number of halogens is 2. The zero-order chi connectivity index (χ0) is 14.5. The Morgan fingerprint density at radius 1 is 1.20 bits per heavy atom. The highest BCUT2D eigenvalue weighted by Crippen LogP contribution is 2.09. The van der Waals surface area contributed by atoms with Gasteiger partial charge in [0.15, 0.2) is 11.6 Å². The van der Waals surface area contributed by atoms with Crippen molar-refractivity contribution in [3.05, 3.63) is 70.8 Å². The van der Waals surface area contributed by atoms with Crippen LogP contribution in [0.15, 0.2) is 47.6 Å². The van der Waals surface area contributed by atoms with Gasteiger partial charge in [0.05, 0.1) is 6.21 Å². The summed E-state index contributed by atoms with van der Waals surface area (Å²) < 4.78 is 26.3. The van der Waals surface area contributed by atoms with E-state index in [0.717, 1.165) is 17.8 Å². The van der Waals surface area contributed by atoms with E-state index >= 15 is 0 Å². The van der Waals surface area contributed by atoms with E-state index in [9.17, 15) is 13.6 Å². The number of carbonyl (C=O) groups is 1. The number of hydrazone groups is 1. The fourth-order valence-electron chi connectivity index (χ4n) is 1.63. The van der Waals surface area contributed by atoms with Crippen LogP contribution in [0.25, 0.3) is 0 Å². The molecule has 102 valence electrons. The van der Waals surface area contributed by atoms with Gasteiger partial charge in [-0.25, -0.2) is 14.2 Å². The van der Waals surface area contributed by atoms with Crippen molar-refractivity contribution in [2.75, 3.05) is 0 Å². The number of carbonyl (C=O) groups excluding carboxylic acids is 1. The van der Waals surface area contributed by atoms with Crippen molar-refractivity contribution >= 4 is 12.1 Å². The molecule has 2 rings (SSSR count). The van der Waals surface area contributed by atoms with Crippen molar-refractivity contribution in [3.63, 3.8) is 0 Å². The third-order valence-electron chi connectivity index (χ3n) is 2.63. The van der Waals surface area contributed by atoms with Gasteiger partial charge in [-0.05, 0) is 25.1 Å². The van der Waals surface area contributed by atoms with E-state index in [-0.39, 0.29) is 5.56 Å². The number of nitrogens with zero attached hydrogens (tertiary/aromatic N) is 1. The van der Waals surface area contributed by atoms with Gasteiger partial charge >= 0.3 is 0 Å². The Bertz CT molecular complexity index is 669. The molecule has 20 heavy (non-hydrogen) atoms. The second-order valence-electron chi connectivity index (χ2n) is 4.21. The van der Waals surface area contributed by atoms with Gasteiger partial charge in [0.25, 0.3) is 5.91 Å². The van der Waals surface area contributed by atoms with Crippen LogP contribution in [0.1, 0.15) is 21.5 Å². The van der Waals surface area contributed by atoms with Crippen LogP contribution in [0.5, 0.6) is 0 Å². The molecule has 0 bridgehead atoms. The summed E-state index contributed by atoms with van der Waals surface area (Å²) in [5, 5.41) is 3.62. The summed E-state index contributed by atoms with van der Waals surface area (Å²) in [5.41, 5.74) is 3.62. The van der Waals surface area contributed by atoms with Gasteiger partial charge in [0, 0.05) is 11.1 Å². The first-order valence-corrected chi connectivity index (χ1v) is 5.92. The molecule has 0 aliphatic carbocycles. The second-order valence-corrected chi connectivity index (χ2v) is 4.21. The van der Waals surface area contributed by atoms with Crippen LogP contribution in [-0.4, -0.2) is 12.1 Å². The van der Waals surface area contributed by atoms with E-state index in [4.69, 9.17) is 0 Å². The second kappa shape index (κ2) is 6.06. The maximum Gasteiger partial charge on any atom is 0.271 e. The Kier molecular flexibility index (Phi) is 4.20. The number of benzene rings is 2. The molecule has 0 atom stereocenters. The van der Waals surface area contributed by atoms with Crippen LogP contribution in [0.2, 0.25) is 0 Å². The van der Waals surface area contributed by atoms with Crippen molar-refractivity contribution in [2.24, 2.45) is 5.10 Å². The summed E-state index contributed by atoms with van der Waals surface area (Å²) in [4.78, 5) is 11.7. The summed E-state index contributed by atoms with van der Waals surface area (Å²) in [6.07, 6.45) is 1.06.